The lowest BCUT2D eigenvalue weighted by Gasteiger charge is -2.38. The molecule has 0 saturated carbocycles. The molecule has 1 atom stereocenters. The molecule has 128 valence electrons. The highest BCUT2D eigenvalue weighted by Gasteiger charge is 2.31. The number of benzene rings is 1. The van der Waals surface area contributed by atoms with Crippen LogP contribution in [0.15, 0.2) is 18.2 Å². The molecule has 1 aromatic rings. The molecular weight excluding hydrogens is 322 g/mol. The highest BCUT2D eigenvalue weighted by molar-refractivity contribution is 6.30. The molecule has 0 aliphatic carbocycles. The molecule has 2 saturated heterocycles. The van der Waals surface area contributed by atoms with Crippen LogP contribution in [-0.2, 0) is 4.79 Å². The predicted molar refractivity (Wildman–Crippen MR) is 96.1 cm³/mol. The topological polar surface area (TPSA) is 47.3 Å². The van der Waals surface area contributed by atoms with Crippen molar-refractivity contribution in [1.82, 2.24) is 4.90 Å². The molecule has 24 heavy (non-hydrogen) atoms. The molecule has 0 radical (unpaired) electrons. The molecule has 0 bridgehead atoms. The molecule has 2 aliphatic heterocycles. The Morgan fingerprint density at radius 2 is 2.00 bits per heavy atom. The Hall–Kier alpha value is -1.73. The smallest absolute Gasteiger partial charge is 0.225 e. The van der Waals surface area contributed by atoms with Crippen molar-refractivity contribution in [1.29, 1.82) is 5.26 Å². The second kappa shape index (κ2) is 7.44. The maximum atomic E-state index is 12.7. The SMILES string of the molecule is CC1CCCN(C(=O)C2CCN(c3ccc(Cl)cc3C#N)CC2)C1. The van der Waals surface area contributed by atoms with Crippen molar-refractivity contribution in [2.24, 2.45) is 11.8 Å². The quantitative estimate of drug-likeness (QED) is 0.821. The van der Waals surface area contributed by atoms with Gasteiger partial charge in [0.15, 0.2) is 0 Å². The Bertz CT molecular complexity index is 647. The van der Waals surface area contributed by atoms with Crippen molar-refractivity contribution < 1.29 is 4.79 Å². The lowest BCUT2D eigenvalue weighted by Crippen LogP contribution is -2.46. The van der Waals surface area contributed by atoms with E-state index in [1.54, 1.807) is 6.07 Å². The third-order valence-electron chi connectivity index (χ3n) is 5.23. The first-order valence-corrected chi connectivity index (χ1v) is 9.19. The van der Waals surface area contributed by atoms with Gasteiger partial charge in [0.2, 0.25) is 5.91 Å². The summed E-state index contributed by atoms with van der Waals surface area (Å²) in [6.45, 7) is 5.69. The molecule has 5 heteroatoms. The lowest BCUT2D eigenvalue weighted by molar-refractivity contribution is -0.137. The van der Waals surface area contributed by atoms with Gasteiger partial charge in [-0.25, -0.2) is 0 Å². The van der Waals surface area contributed by atoms with Crippen molar-refractivity contribution in [3.8, 4) is 6.07 Å². The van der Waals surface area contributed by atoms with Gasteiger partial charge >= 0.3 is 0 Å². The van der Waals surface area contributed by atoms with E-state index in [0.717, 1.165) is 51.1 Å². The van der Waals surface area contributed by atoms with Crippen molar-refractivity contribution in [3.63, 3.8) is 0 Å². The second-order valence-corrected chi connectivity index (χ2v) is 7.50. The van der Waals surface area contributed by atoms with Gasteiger partial charge in [-0.15, -0.1) is 0 Å². The fourth-order valence-corrected chi connectivity index (χ4v) is 4.06. The molecule has 1 unspecified atom stereocenters. The molecule has 1 amide bonds. The third kappa shape index (κ3) is 3.67. The maximum absolute atomic E-state index is 12.7. The first-order chi connectivity index (χ1) is 11.6. The summed E-state index contributed by atoms with van der Waals surface area (Å²) in [5.74, 6) is 1.08. The number of amides is 1. The molecular formula is C19H24ClN3O. The standard InChI is InChI=1S/C19H24ClN3O/c1-14-3-2-8-23(13-14)19(24)15-6-9-22(10-7-15)18-5-4-17(20)11-16(18)12-21/h4-5,11,14-15H,2-3,6-10,13H2,1H3. The minimum absolute atomic E-state index is 0.129. The largest absolute Gasteiger partial charge is 0.370 e. The zero-order valence-electron chi connectivity index (χ0n) is 14.2. The van der Waals surface area contributed by atoms with Crippen LogP contribution in [0.5, 0.6) is 0 Å². The number of nitrogens with zero attached hydrogens (tertiary/aromatic N) is 3. The molecule has 4 nitrogen and oxygen atoms in total. The monoisotopic (exact) mass is 345 g/mol. The summed E-state index contributed by atoms with van der Waals surface area (Å²) in [6.07, 6.45) is 4.08. The number of rotatable bonds is 2. The molecule has 2 aliphatic rings. The van der Waals surface area contributed by atoms with Gasteiger partial charge < -0.3 is 9.80 Å². The van der Waals surface area contributed by atoms with E-state index in [0.29, 0.717) is 22.4 Å². The third-order valence-corrected chi connectivity index (χ3v) is 5.47. The van der Waals surface area contributed by atoms with E-state index in [1.807, 2.05) is 12.1 Å². The number of piperidine rings is 2. The van der Waals surface area contributed by atoms with Crippen LogP contribution in [0.2, 0.25) is 5.02 Å². The molecule has 2 fully saturated rings. The first kappa shape index (κ1) is 17.1. The predicted octanol–water partition coefficient (Wildman–Crippen LogP) is 3.69. The Balaban J connectivity index is 1.62. The summed E-state index contributed by atoms with van der Waals surface area (Å²) in [5.41, 5.74) is 1.54. The molecule has 0 N–H and O–H groups in total. The van der Waals surface area contributed by atoms with Crippen LogP contribution in [-0.4, -0.2) is 37.0 Å². The van der Waals surface area contributed by atoms with E-state index >= 15 is 0 Å². The summed E-state index contributed by atoms with van der Waals surface area (Å²) in [6, 6.07) is 7.67. The minimum Gasteiger partial charge on any atom is -0.370 e. The van der Waals surface area contributed by atoms with Crippen LogP contribution >= 0.6 is 11.6 Å². The lowest BCUT2D eigenvalue weighted by atomic mass is 9.92. The normalized spacial score (nSPS) is 22.3. The molecule has 3 rings (SSSR count). The van der Waals surface area contributed by atoms with Crippen molar-refractivity contribution >= 4 is 23.2 Å². The number of nitriles is 1. The van der Waals surface area contributed by atoms with Crippen LogP contribution in [0.1, 0.15) is 38.2 Å². The first-order valence-electron chi connectivity index (χ1n) is 8.82. The molecule has 0 spiro atoms. The highest BCUT2D eigenvalue weighted by atomic mass is 35.5. The Labute approximate surface area is 149 Å². The molecule has 1 aromatic carbocycles. The van der Waals surface area contributed by atoms with Crippen molar-refractivity contribution in [3.05, 3.63) is 28.8 Å². The van der Waals surface area contributed by atoms with Crippen LogP contribution in [0.25, 0.3) is 0 Å². The average molecular weight is 346 g/mol. The fraction of sp³-hybridized carbons (Fsp3) is 0.579. The molecule has 0 aromatic heterocycles. The van der Waals surface area contributed by atoms with Crippen LogP contribution in [0, 0.1) is 23.2 Å². The van der Waals surface area contributed by atoms with Crippen LogP contribution in [0.4, 0.5) is 5.69 Å². The number of hydrogen-bond acceptors (Lipinski definition) is 3. The summed E-state index contributed by atoms with van der Waals surface area (Å²) >= 11 is 5.98. The maximum Gasteiger partial charge on any atom is 0.225 e. The highest BCUT2D eigenvalue weighted by Crippen LogP contribution is 2.29. The number of hydrogen-bond donors (Lipinski definition) is 0. The van der Waals surface area contributed by atoms with Gasteiger partial charge in [0, 0.05) is 37.1 Å². The molecule has 2 heterocycles. The Morgan fingerprint density at radius 1 is 1.25 bits per heavy atom. The average Bonchev–Trinajstić information content (AvgIpc) is 2.61. The summed E-state index contributed by atoms with van der Waals surface area (Å²) in [4.78, 5) is 17.0. The number of likely N-dealkylation sites (tertiary alicyclic amines) is 1. The zero-order valence-corrected chi connectivity index (χ0v) is 14.9. The number of halogens is 1. The van der Waals surface area contributed by atoms with E-state index in [1.165, 1.54) is 6.42 Å². The van der Waals surface area contributed by atoms with Gasteiger partial charge in [-0.1, -0.05) is 18.5 Å². The van der Waals surface area contributed by atoms with Crippen molar-refractivity contribution in [2.75, 3.05) is 31.1 Å². The van der Waals surface area contributed by atoms with Crippen molar-refractivity contribution in [2.45, 2.75) is 32.6 Å². The summed E-state index contributed by atoms with van der Waals surface area (Å²) in [7, 11) is 0. The number of carbonyl (C=O) groups is 1. The van der Waals surface area contributed by atoms with Gasteiger partial charge in [0.05, 0.1) is 11.3 Å². The van der Waals surface area contributed by atoms with Gasteiger partial charge in [-0.2, -0.15) is 5.26 Å². The Kier molecular flexibility index (Phi) is 5.30. The van der Waals surface area contributed by atoms with Crippen LogP contribution < -0.4 is 4.90 Å². The summed E-state index contributed by atoms with van der Waals surface area (Å²) < 4.78 is 0. The Morgan fingerprint density at radius 3 is 2.67 bits per heavy atom. The van der Waals surface area contributed by atoms with E-state index in [-0.39, 0.29) is 5.92 Å². The summed E-state index contributed by atoms with van der Waals surface area (Å²) in [5, 5.41) is 9.90. The van der Waals surface area contributed by atoms with Gasteiger partial charge in [-0.05, 0) is 49.8 Å². The van der Waals surface area contributed by atoms with E-state index < -0.39 is 0 Å². The zero-order chi connectivity index (χ0) is 17.1. The van der Waals surface area contributed by atoms with Gasteiger partial charge in [-0.3, -0.25) is 4.79 Å². The number of carbonyl (C=O) groups excluding carboxylic acids is 1. The van der Waals surface area contributed by atoms with Gasteiger partial charge in [0.25, 0.3) is 0 Å². The van der Waals surface area contributed by atoms with Crippen LogP contribution in [0.3, 0.4) is 0 Å². The number of anilines is 1. The minimum atomic E-state index is 0.129. The second-order valence-electron chi connectivity index (χ2n) is 7.07. The van der Waals surface area contributed by atoms with Gasteiger partial charge in [0.1, 0.15) is 6.07 Å². The fourth-order valence-electron chi connectivity index (χ4n) is 3.89. The van der Waals surface area contributed by atoms with E-state index in [9.17, 15) is 10.1 Å². The van der Waals surface area contributed by atoms with E-state index in [2.05, 4.69) is 22.8 Å². The van der Waals surface area contributed by atoms with E-state index in [4.69, 9.17) is 11.6 Å².